The fourth-order valence-electron chi connectivity index (χ4n) is 1.38. The van der Waals surface area contributed by atoms with E-state index in [4.69, 9.17) is 0 Å². The summed E-state index contributed by atoms with van der Waals surface area (Å²) in [5.74, 6) is 0.660. The quantitative estimate of drug-likeness (QED) is 0.534. The maximum Gasteiger partial charge on any atom is -0.0231 e. The van der Waals surface area contributed by atoms with Gasteiger partial charge in [0, 0.05) is 0 Å². The van der Waals surface area contributed by atoms with Crippen LogP contribution in [0.1, 0.15) is 33.6 Å². The molecule has 0 aromatic heterocycles. The van der Waals surface area contributed by atoms with Crippen molar-refractivity contribution in [2.24, 2.45) is 5.92 Å². The molecular weight excluding hydrogens is 168 g/mol. The van der Waals surface area contributed by atoms with Gasteiger partial charge in [0.15, 0.2) is 0 Å². The minimum absolute atomic E-state index is 0.660. The van der Waals surface area contributed by atoms with Gasteiger partial charge in [-0.3, -0.25) is 0 Å². The van der Waals surface area contributed by atoms with E-state index in [1.165, 1.54) is 12.0 Å². The fourth-order valence-corrected chi connectivity index (χ4v) is 1.38. The van der Waals surface area contributed by atoms with E-state index < -0.39 is 0 Å². The SMILES string of the molecule is C=CC=C(C=C)C=C(CC)C(C)CC. The molecule has 0 bridgehead atoms. The highest BCUT2D eigenvalue weighted by molar-refractivity contribution is 5.35. The fraction of sp³-hybridized carbons (Fsp3) is 0.429. The van der Waals surface area contributed by atoms with Gasteiger partial charge in [-0.25, -0.2) is 0 Å². The van der Waals surface area contributed by atoms with E-state index in [-0.39, 0.29) is 0 Å². The Bertz CT molecular complexity index is 241. The highest BCUT2D eigenvalue weighted by Crippen LogP contribution is 2.19. The van der Waals surface area contributed by atoms with Gasteiger partial charge in [-0.1, -0.05) is 63.8 Å². The van der Waals surface area contributed by atoms with Crippen LogP contribution in [0.4, 0.5) is 0 Å². The van der Waals surface area contributed by atoms with Crippen LogP contribution in [0.15, 0.2) is 48.6 Å². The van der Waals surface area contributed by atoms with Gasteiger partial charge in [0.2, 0.25) is 0 Å². The maximum absolute atomic E-state index is 3.79. The van der Waals surface area contributed by atoms with E-state index in [2.05, 4.69) is 40.0 Å². The minimum atomic E-state index is 0.660. The number of hydrogen-bond acceptors (Lipinski definition) is 0. The second-order valence-electron chi connectivity index (χ2n) is 3.49. The van der Waals surface area contributed by atoms with Gasteiger partial charge in [0.1, 0.15) is 0 Å². The first kappa shape index (κ1) is 13.0. The third-order valence-electron chi connectivity index (χ3n) is 2.55. The molecule has 0 aliphatic heterocycles. The molecule has 0 heteroatoms. The van der Waals surface area contributed by atoms with E-state index in [0.717, 1.165) is 12.0 Å². The van der Waals surface area contributed by atoms with Crippen molar-refractivity contribution in [3.8, 4) is 0 Å². The smallest absolute Gasteiger partial charge is 0.0231 e. The molecule has 0 amide bonds. The molecule has 0 heterocycles. The Balaban J connectivity index is 4.79. The van der Waals surface area contributed by atoms with Crippen molar-refractivity contribution in [1.82, 2.24) is 0 Å². The molecule has 0 aromatic rings. The van der Waals surface area contributed by atoms with Crippen molar-refractivity contribution in [2.75, 3.05) is 0 Å². The summed E-state index contributed by atoms with van der Waals surface area (Å²) in [6.45, 7) is 14.2. The molecule has 0 rings (SSSR count). The molecular formula is C14H22. The number of allylic oxidation sites excluding steroid dienone is 6. The first-order chi connectivity index (χ1) is 6.69. The molecule has 1 unspecified atom stereocenters. The molecule has 1 atom stereocenters. The van der Waals surface area contributed by atoms with Gasteiger partial charge in [-0.05, 0) is 24.3 Å². The summed E-state index contributed by atoms with van der Waals surface area (Å²) in [5.41, 5.74) is 2.64. The lowest BCUT2D eigenvalue weighted by molar-refractivity contribution is 0.633. The van der Waals surface area contributed by atoms with Crippen LogP contribution in [-0.4, -0.2) is 0 Å². The summed E-state index contributed by atoms with van der Waals surface area (Å²) in [5, 5.41) is 0. The van der Waals surface area contributed by atoms with Gasteiger partial charge in [-0.15, -0.1) is 0 Å². The van der Waals surface area contributed by atoms with Crippen LogP contribution < -0.4 is 0 Å². The zero-order valence-corrected chi connectivity index (χ0v) is 9.72. The van der Waals surface area contributed by atoms with Gasteiger partial charge < -0.3 is 0 Å². The Hall–Kier alpha value is -1.04. The van der Waals surface area contributed by atoms with Crippen LogP contribution in [0.25, 0.3) is 0 Å². The van der Waals surface area contributed by atoms with Gasteiger partial charge in [0.25, 0.3) is 0 Å². The van der Waals surface area contributed by atoms with Crippen molar-refractivity contribution in [3.05, 3.63) is 48.6 Å². The summed E-state index contributed by atoms with van der Waals surface area (Å²) in [6.07, 6.45) is 10.2. The zero-order chi connectivity index (χ0) is 11.0. The van der Waals surface area contributed by atoms with Crippen LogP contribution >= 0.6 is 0 Å². The molecule has 0 radical (unpaired) electrons. The van der Waals surface area contributed by atoms with Gasteiger partial charge in [0.05, 0.1) is 0 Å². The third kappa shape index (κ3) is 4.27. The molecule has 0 fully saturated rings. The molecule has 14 heavy (non-hydrogen) atoms. The lowest BCUT2D eigenvalue weighted by atomic mass is 9.94. The first-order valence-electron chi connectivity index (χ1n) is 5.35. The van der Waals surface area contributed by atoms with Crippen LogP contribution in [0, 0.1) is 5.92 Å². The highest BCUT2D eigenvalue weighted by atomic mass is 14.1. The lowest BCUT2D eigenvalue weighted by Crippen LogP contribution is -1.96. The second-order valence-corrected chi connectivity index (χ2v) is 3.49. The van der Waals surface area contributed by atoms with Crippen molar-refractivity contribution < 1.29 is 0 Å². The minimum Gasteiger partial charge on any atom is -0.0990 e. The Kier molecular flexibility index (Phi) is 6.82. The Morgan fingerprint density at radius 1 is 1.29 bits per heavy atom. The summed E-state index contributed by atoms with van der Waals surface area (Å²) >= 11 is 0. The van der Waals surface area contributed by atoms with Crippen molar-refractivity contribution in [1.29, 1.82) is 0 Å². The number of hydrogen-bond donors (Lipinski definition) is 0. The van der Waals surface area contributed by atoms with Crippen LogP contribution in [0.2, 0.25) is 0 Å². The molecule has 0 aliphatic rings. The van der Waals surface area contributed by atoms with Crippen molar-refractivity contribution in [3.63, 3.8) is 0 Å². The van der Waals surface area contributed by atoms with Crippen LogP contribution in [0.5, 0.6) is 0 Å². The van der Waals surface area contributed by atoms with E-state index in [1.807, 2.05) is 12.2 Å². The standard InChI is InChI=1S/C14H22/c1-6-10-13(8-3)11-14(9-4)12(5)7-2/h6,8,10-12H,1,3,7,9H2,2,4-5H3. The maximum atomic E-state index is 3.79. The van der Waals surface area contributed by atoms with Gasteiger partial charge >= 0.3 is 0 Å². The molecule has 0 N–H and O–H groups in total. The summed E-state index contributed by atoms with van der Waals surface area (Å²) < 4.78 is 0. The Morgan fingerprint density at radius 2 is 1.93 bits per heavy atom. The highest BCUT2D eigenvalue weighted by Gasteiger charge is 2.03. The van der Waals surface area contributed by atoms with Crippen molar-refractivity contribution >= 4 is 0 Å². The molecule has 0 aromatic carbocycles. The topological polar surface area (TPSA) is 0 Å². The monoisotopic (exact) mass is 190 g/mol. The van der Waals surface area contributed by atoms with Gasteiger partial charge in [-0.2, -0.15) is 0 Å². The molecule has 0 nitrogen and oxygen atoms in total. The predicted molar refractivity (Wildman–Crippen MR) is 66.3 cm³/mol. The number of rotatable bonds is 6. The lowest BCUT2D eigenvalue weighted by Gasteiger charge is -2.12. The average Bonchev–Trinajstić information content (AvgIpc) is 2.23. The second kappa shape index (κ2) is 7.37. The molecule has 0 aliphatic carbocycles. The molecule has 0 saturated carbocycles. The normalized spacial score (nSPS) is 15.1. The molecule has 0 saturated heterocycles. The largest absolute Gasteiger partial charge is 0.0990 e. The van der Waals surface area contributed by atoms with Crippen LogP contribution in [0.3, 0.4) is 0 Å². The first-order valence-corrected chi connectivity index (χ1v) is 5.35. The van der Waals surface area contributed by atoms with E-state index in [9.17, 15) is 0 Å². The molecule has 78 valence electrons. The van der Waals surface area contributed by atoms with E-state index in [0.29, 0.717) is 5.92 Å². The third-order valence-corrected chi connectivity index (χ3v) is 2.55. The summed E-state index contributed by atoms with van der Waals surface area (Å²) in [6, 6.07) is 0. The Labute approximate surface area is 88.7 Å². The molecule has 0 spiro atoms. The average molecular weight is 190 g/mol. The zero-order valence-electron chi connectivity index (χ0n) is 9.72. The van der Waals surface area contributed by atoms with E-state index >= 15 is 0 Å². The predicted octanol–water partition coefficient (Wildman–Crippen LogP) is 4.67. The van der Waals surface area contributed by atoms with E-state index in [1.54, 1.807) is 6.08 Å². The van der Waals surface area contributed by atoms with Crippen LogP contribution in [-0.2, 0) is 0 Å². The Morgan fingerprint density at radius 3 is 2.29 bits per heavy atom. The van der Waals surface area contributed by atoms with Crippen molar-refractivity contribution in [2.45, 2.75) is 33.6 Å². The summed E-state index contributed by atoms with van der Waals surface area (Å²) in [4.78, 5) is 0. The summed E-state index contributed by atoms with van der Waals surface area (Å²) in [7, 11) is 0.